The Bertz CT molecular complexity index is 1400. The van der Waals surface area contributed by atoms with Crippen molar-refractivity contribution < 1.29 is 35.8 Å². The molecule has 0 bridgehead atoms. The van der Waals surface area contributed by atoms with Crippen molar-refractivity contribution >= 4 is 22.8 Å². The van der Waals surface area contributed by atoms with Crippen LogP contribution in [-0.2, 0) is 11.2 Å². The van der Waals surface area contributed by atoms with Crippen molar-refractivity contribution in [1.82, 2.24) is 4.57 Å². The zero-order chi connectivity index (χ0) is 25.3. The summed E-state index contributed by atoms with van der Waals surface area (Å²) in [5, 5.41) is 8.98. The van der Waals surface area contributed by atoms with Gasteiger partial charge in [0, 0.05) is 33.6 Å². The van der Waals surface area contributed by atoms with Crippen LogP contribution in [0.1, 0.15) is 41.0 Å². The highest BCUT2D eigenvalue weighted by Gasteiger charge is 2.37. The second kappa shape index (κ2) is 9.47. The van der Waals surface area contributed by atoms with Crippen LogP contribution in [0.15, 0.2) is 66.7 Å². The fourth-order valence-corrected chi connectivity index (χ4v) is 4.16. The first-order valence-electron chi connectivity index (χ1n) is 11.1. The average Bonchev–Trinajstić information content (AvgIpc) is 3.10. The van der Waals surface area contributed by atoms with Crippen LogP contribution < -0.4 is 9.47 Å². The van der Waals surface area contributed by atoms with Gasteiger partial charge >= 0.3 is 5.97 Å². The number of hydrogen-bond donors (Lipinski definition) is 0. The third-order valence-corrected chi connectivity index (χ3v) is 6.34. The van der Waals surface area contributed by atoms with Crippen molar-refractivity contribution in [2.75, 3.05) is 7.11 Å². The smallest absolute Gasteiger partial charge is 0.559 e. The molecule has 2 N–H and O–H groups in total. The molecule has 0 fully saturated rings. The minimum atomic E-state index is -1.22. The SMILES string of the molecule is COc1ccc2c(c1)c(Cc1ccc(OC(C)(C)C(=O)[OH2+])cc1)c(C)n2C(=O)c1ccc([ClH+])cc1. The van der Waals surface area contributed by atoms with Gasteiger partial charge in [-0.25, -0.2) is 0 Å². The van der Waals surface area contributed by atoms with Gasteiger partial charge in [-0.05, 0) is 80.8 Å². The Morgan fingerprint density at radius 2 is 1.60 bits per heavy atom. The number of hydrogen-bond acceptors (Lipinski definition) is 4. The maximum atomic E-state index is 13.5. The molecule has 0 atom stereocenters. The van der Waals surface area contributed by atoms with Gasteiger partial charge in [-0.3, -0.25) is 9.36 Å². The van der Waals surface area contributed by atoms with Crippen LogP contribution in [0.3, 0.4) is 0 Å². The molecule has 0 saturated carbocycles. The summed E-state index contributed by atoms with van der Waals surface area (Å²) in [6.07, 6.45) is 0.585. The van der Waals surface area contributed by atoms with Crippen molar-refractivity contribution in [2.45, 2.75) is 32.8 Å². The van der Waals surface area contributed by atoms with E-state index in [-0.39, 0.29) is 5.91 Å². The molecule has 0 radical (unpaired) electrons. The molecule has 0 aliphatic carbocycles. The van der Waals surface area contributed by atoms with Crippen molar-refractivity contribution in [3.8, 4) is 11.5 Å². The predicted octanol–water partition coefficient (Wildman–Crippen LogP) is 4.34. The van der Waals surface area contributed by atoms with Gasteiger partial charge in [0.2, 0.25) is 5.02 Å². The first-order chi connectivity index (χ1) is 16.6. The van der Waals surface area contributed by atoms with E-state index in [1.54, 1.807) is 61.9 Å². The Hall–Kier alpha value is -3.77. The summed E-state index contributed by atoms with van der Waals surface area (Å²) in [4.78, 5) is 24.9. The molecule has 6 nitrogen and oxygen atoms in total. The number of benzene rings is 3. The number of halogens is 1. The molecule has 35 heavy (non-hydrogen) atoms. The standard InChI is InChI=1S/C28H26ClNO5/c1-17-23(15-18-5-11-21(12-6-18)35-28(2,3)27(32)33)24-16-22(34-4)13-14-25(24)30(17)26(31)19-7-9-20(29)10-8-19/h5-14,16,29H,15H2,1-4H3/p+2. The number of carbonyl (C=O) groups excluding carboxylic acids is 2. The second-order valence-corrected chi connectivity index (χ2v) is 9.35. The fraction of sp³-hybridized carbons (Fsp3) is 0.214. The summed E-state index contributed by atoms with van der Waals surface area (Å²) in [6, 6.07) is 20.1. The Morgan fingerprint density at radius 1 is 0.971 bits per heavy atom. The Labute approximate surface area is 208 Å². The van der Waals surface area contributed by atoms with Gasteiger partial charge < -0.3 is 14.6 Å². The lowest BCUT2D eigenvalue weighted by molar-refractivity contribution is -0.288. The molecule has 1 heterocycles. The molecular formula is C28H28ClNO5+2. The molecule has 180 valence electrons. The highest BCUT2D eigenvalue weighted by molar-refractivity contribution is 6.04. The minimum absolute atomic E-state index is 0.120. The van der Waals surface area contributed by atoms with Gasteiger partial charge in [0.25, 0.3) is 11.5 Å². The summed E-state index contributed by atoms with van der Waals surface area (Å²) < 4.78 is 12.9. The summed E-state index contributed by atoms with van der Waals surface area (Å²) in [7, 11) is 1.62. The number of methoxy groups -OCH3 is 1. The zero-order valence-corrected chi connectivity index (χ0v) is 20.9. The first kappa shape index (κ1) is 24.4. The van der Waals surface area contributed by atoms with Gasteiger partial charge in [0.05, 0.1) is 12.6 Å². The number of aromatic nitrogens is 1. The normalized spacial score (nSPS) is 11.5. The zero-order valence-electron chi connectivity index (χ0n) is 20.0. The fourth-order valence-electron chi connectivity index (χ4n) is 4.02. The van der Waals surface area contributed by atoms with E-state index in [2.05, 4.69) is 0 Å². The highest BCUT2D eigenvalue weighted by Crippen LogP contribution is 2.32. The summed E-state index contributed by atoms with van der Waals surface area (Å²) in [5.74, 6) is 0.321. The van der Waals surface area contributed by atoms with Crippen LogP contribution in [0.4, 0.5) is 0 Å². The van der Waals surface area contributed by atoms with Crippen LogP contribution in [0.25, 0.3) is 10.9 Å². The number of nitrogens with zero attached hydrogens (tertiary/aromatic N) is 1. The Morgan fingerprint density at radius 3 is 2.20 bits per heavy atom. The van der Waals surface area contributed by atoms with Crippen molar-refractivity contribution in [1.29, 1.82) is 0 Å². The van der Waals surface area contributed by atoms with E-state index in [1.165, 1.54) is 0 Å². The molecule has 4 rings (SSSR count). The number of carbonyl (C=O) groups is 2. The van der Waals surface area contributed by atoms with Crippen molar-refractivity contribution in [2.24, 2.45) is 0 Å². The van der Waals surface area contributed by atoms with E-state index < -0.39 is 11.6 Å². The van der Waals surface area contributed by atoms with Crippen molar-refractivity contribution in [3.63, 3.8) is 0 Å². The topological polar surface area (TPSA) is 80.4 Å². The molecule has 0 saturated heterocycles. The Kier molecular flexibility index (Phi) is 6.59. The van der Waals surface area contributed by atoms with Gasteiger partial charge in [0.15, 0.2) is 11.6 Å². The lowest BCUT2D eigenvalue weighted by Gasteiger charge is -2.17. The predicted molar refractivity (Wildman–Crippen MR) is 133 cm³/mol. The molecule has 3 aromatic carbocycles. The molecule has 0 unspecified atom stereocenters. The van der Waals surface area contributed by atoms with Crippen LogP contribution in [0, 0.1) is 18.5 Å². The summed E-state index contributed by atoms with van der Waals surface area (Å²) >= 11 is 5.17. The lowest BCUT2D eigenvalue weighted by atomic mass is 10.0. The lowest BCUT2D eigenvalue weighted by Crippen LogP contribution is -2.37. The molecule has 0 amide bonds. The maximum absolute atomic E-state index is 13.5. The number of rotatable bonds is 7. The first-order valence-corrected chi connectivity index (χ1v) is 11.5. The quantitative estimate of drug-likeness (QED) is 0.359. The van der Waals surface area contributed by atoms with E-state index in [0.717, 1.165) is 27.7 Å². The van der Waals surface area contributed by atoms with Gasteiger partial charge in [-0.2, -0.15) is 0 Å². The van der Waals surface area contributed by atoms with Gasteiger partial charge in [-0.1, -0.05) is 12.1 Å². The minimum Gasteiger partial charge on any atom is -0.562 e. The number of ether oxygens (including phenoxy) is 2. The summed E-state index contributed by atoms with van der Waals surface area (Å²) in [5.41, 5.74) is 3.03. The third kappa shape index (κ3) is 4.88. The highest BCUT2D eigenvalue weighted by atomic mass is 35.5. The Balaban J connectivity index is 1.73. The number of fused-ring (bicyclic) bond motifs is 1. The third-order valence-electron chi connectivity index (χ3n) is 6.07. The average molecular weight is 494 g/mol. The monoisotopic (exact) mass is 493 g/mol. The van der Waals surface area contributed by atoms with Crippen LogP contribution in [-0.4, -0.2) is 34.3 Å². The molecule has 4 aromatic rings. The van der Waals surface area contributed by atoms with Crippen LogP contribution in [0.2, 0.25) is 5.02 Å². The van der Waals surface area contributed by atoms with Gasteiger partial charge in [0.1, 0.15) is 11.5 Å². The van der Waals surface area contributed by atoms with E-state index in [1.807, 2.05) is 37.3 Å². The largest absolute Gasteiger partial charge is 0.562 e. The van der Waals surface area contributed by atoms with E-state index >= 15 is 0 Å². The van der Waals surface area contributed by atoms with Crippen LogP contribution >= 0.6 is 0 Å². The summed E-state index contributed by atoms with van der Waals surface area (Å²) in [6.45, 7) is 5.09. The van der Waals surface area contributed by atoms with Crippen LogP contribution in [0.5, 0.6) is 11.5 Å². The maximum Gasteiger partial charge on any atom is 0.559 e. The molecule has 7 heteroatoms. The molecule has 1 aromatic heterocycles. The van der Waals surface area contributed by atoms with E-state index in [0.29, 0.717) is 28.5 Å². The van der Waals surface area contributed by atoms with E-state index in [9.17, 15) is 9.59 Å². The second-order valence-electron chi connectivity index (χ2n) is 8.87. The molecule has 0 aliphatic rings. The van der Waals surface area contributed by atoms with Gasteiger partial charge in [-0.15, -0.1) is 0 Å². The molecule has 0 aliphatic heterocycles. The molecule has 0 spiro atoms. The molecular weight excluding hydrogens is 466 g/mol. The van der Waals surface area contributed by atoms with Crippen molar-refractivity contribution in [3.05, 3.63) is 94.1 Å². The van der Waals surface area contributed by atoms with E-state index in [4.69, 9.17) is 26.2 Å².